The summed E-state index contributed by atoms with van der Waals surface area (Å²) >= 11 is 0. The molecule has 0 radical (unpaired) electrons. The number of carbonyl (C=O) groups is 1. The molecule has 1 heterocycles. The minimum absolute atomic E-state index is 0.0446. The van der Waals surface area contributed by atoms with Gasteiger partial charge in [0.25, 0.3) is 0 Å². The number of carbonyl (C=O) groups excluding carboxylic acids is 1. The first-order valence-corrected chi connectivity index (χ1v) is 6.97. The van der Waals surface area contributed by atoms with Crippen molar-refractivity contribution in [2.75, 3.05) is 6.54 Å². The zero-order chi connectivity index (χ0) is 12.3. The number of piperidine rings is 1. The molecule has 1 aliphatic carbocycles. The second-order valence-corrected chi connectivity index (χ2v) is 5.59. The summed E-state index contributed by atoms with van der Waals surface area (Å²) in [7, 11) is 0. The molecular formula is C13H25N3O. The van der Waals surface area contributed by atoms with Gasteiger partial charge in [0, 0.05) is 18.5 Å². The summed E-state index contributed by atoms with van der Waals surface area (Å²) < 4.78 is 0. The monoisotopic (exact) mass is 239 g/mol. The fourth-order valence-electron chi connectivity index (χ4n) is 3.62. The highest BCUT2D eigenvalue weighted by Gasteiger charge is 2.36. The Morgan fingerprint density at radius 2 is 2.18 bits per heavy atom. The lowest BCUT2D eigenvalue weighted by atomic mass is 9.90. The van der Waals surface area contributed by atoms with Crippen LogP contribution in [0.3, 0.4) is 0 Å². The second-order valence-electron chi connectivity index (χ2n) is 5.59. The van der Waals surface area contributed by atoms with Crippen LogP contribution in [0.4, 0.5) is 0 Å². The molecule has 3 N–H and O–H groups in total. The molecule has 4 nitrogen and oxygen atoms in total. The molecule has 0 aromatic rings. The molecule has 0 bridgehead atoms. The SMILES string of the molecule is CC(CCC(=O)NN)N1CCCC2CCCC21. The Balaban J connectivity index is 1.85. The molecule has 1 amide bonds. The van der Waals surface area contributed by atoms with E-state index in [1.54, 1.807) is 0 Å². The summed E-state index contributed by atoms with van der Waals surface area (Å²) in [4.78, 5) is 13.8. The predicted molar refractivity (Wildman–Crippen MR) is 68.1 cm³/mol. The van der Waals surface area contributed by atoms with Gasteiger partial charge in [-0.1, -0.05) is 6.42 Å². The van der Waals surface area contributed by atoms with Crippen molar-refractivity contribution >= 4 is 5.91 Å². The van der Waals surface area contributed by atoms with Gasteiger partial charge in [0.2, 0.25) is 5.91 Å². The number of hydrogen-bond donors (Lipinski definition) is 2. The van der Waals surface area contributed by atoms with E-state index in [9.17, 15) is 4.79 Å². The third kappa shape index (κ3) is 2.99. The Kier molecular flexibility index (Phi) is 4.40. The van der Waals surface area contributed by atoms with Crippen LogP contribution in [-0.4, -0.2) is 29.4 Å². The fraction of sp³-hybridized carbons (Fsp3) is 0.923. The van der Waals surface area contributed by atoms with E-state index in [0.717, 1.165) is 18.4 Å². The van der Waals surface area contributed by atoms with Crippen molar-refractivity contribution in [3.63, 3.8) is 0 Å². The maximum Gasteiger partial charge on any atom is 0.233 e. The van der Waals surface area contributed by atoms with E-state index in [1.165, 1.54) is 38.6 Å². The van der Waals surface area contributed by atoms with E-state index in [2.05, 4.69) is 17.2 Å². The molecule has 0 spiro atoms. The molecule has 98 valence electrons. The van der Waals surface area contributed by atoms with Gasteiger partial charge < -0.3 is 0 Å². The number of likely N-dealkylation sites (tertiary alicyclic amines) is 1. The van der Waals surface area contributed by atoms with Crippen LogP contribution in [0.1, 0.15) is 51.9 Å². The maximum atomic E-state index is 11.2. The summed E-state index contributed by atoms with van der Waals surface area (Å²) in [6.45, 7) is 3.47. The van der Waals surface area contributed by atoms with E-state index in [-0.39, 0.29) is 5.91 Å². The molecule has 0 aromatic heterocycles. The zero-order valence-corrected chi connectivity index (χ0v) is 10.8. The third-order valence-corrected chi connectivity index (χ3v) is 4.55. The van der Waals surface area contributed by atoms with Crippen LogP contribution in [0.2, 0.25) is 0 Å². The van der Waals surface area contributed by atoms with Gasteiger partial charge in [-0.05, 0) is 51.5 Å². The average molecular weight is 239 g/mol. The van der Waals surface area contributed by atoms with Crippen molar-refractivity contribution in [1.29, 1.82) is 0 Å². The molecule has 1 aliphatic heterocycles. The average Bonchev–Trinajstić information content (AvgIpc) is 2.83. The molecule has 2 rings (SSSR count). The smallest absolute Gasteiger partial charge is 0.233 e. The lowest BCUT2D eigenvalue weighted by Gasteiger charge is -2.41. The largest absolute Gasteiger partial charge is 0.297 e. The minimum atomic E-state index is -0.0446. The van der Waals surface area contributed by atoms with Crippen LogP contribution in [0, 0.1) is 5.92 Å². The van der Waals surface area contributed by atoms with Gasteiger partial charge in [-0.15, -0.1) is 0 Å². The third-order valence-electron chi connectivity index (χ3n) is 4.55. The number of nitrogens with two attached hydrogens (primary N) is 1. The van der Waals surface area contributed by atoms with Crippen molar-refractivity contribution in [1.82, 2.24) is 10.3 Å². The zero-order valence-electron chi connectivity index (χ0n) is 10.8. The van der Waals surface area contributed by atoms with E-state index >= 15 is 0 Å². The minimum Gasteiger partial charge on any atom is -0.297 e. The van der Waals surface area contributed by atoms with Crippen molar-refractivity contribution in [3.05, 3.63) is 0 Å². The van der Waals surface area contributed by atoms with E-state index in [1.807, 2.05) is 0 Å². The number of hydrogen-bond acceptors (Lipinski definition) is 3. The molecule has 2 fully saturated rings. The summed E-state index contributed by atoms with van der Waals surface area (Å²) in [5.41, 5.74) is 2.21. The first-order chi connectivity index (χ1) is 8.22. The molecule has 3 unspecified atom stereocenters. The van der Waals surface area contributed by atoms with Crippen LogP contribution in [-0.2, 0) is 4.79 Å². The number of amides is 1. The number of rotatable bonds is 4. The van der Waals surface area contributed by atoms with Crippen LogP contribution in [0.25, 0.3) is 0 Å². The normalized spacial score (nSPS) is 30.9. The van der Waals surface area contributed by atoms with Gasteiger partial charge in [0.1, 0.15) is 0 Å². The molecular weight excluding hydrogens is 214 g/mol. The molecule has 3 atom stereocenters. The van der Waals surface area contributed by atoms with Crippen LogP contribution in [0.5, 0.6) is 0 Å². The lowest BCUT2D eigenvalue weighted by Crippen LogP contribution is -2.47. The summed E-state index contributed by atoms with van der Waals surface area (Å²) in [5, 5.41) is 0. The summed E-state index contributed by atoms with van der Waals surface area (Å²) in [5.74, 6) is 5.99. The van der Waals surface area contributed by atoms with Crippen LogP contribution < -0.4 is 11.3 Å². The van der Waals surface area contributed by atoms with Crippen LogP contribution >= 0.6 is 0 Å². The first kappa shape index (κ1) is 12.8. The van der Waals surface area contributed by atoms with Crippen molar-refractivity contribution in [3.8, 4) is 0 Å². The van der Waals surface area contributed by atoms with Gasteiger partial charge in [-0.2, -0.15) is 0 Å². The maximum absolute atomic E-state index is 11.2. The van der Waals surface area contributed by atoms with Crippen molar-refractivity contribution < 1.29 is 4.79 Å². The highest BCUT2D eigenvalue weighted by molar-refractivity contribution is 5.75. The van der Waals surface area contributed by atoms with Gasteiger partial charge in [-0.25, -0.2) is 5.84 Å². The van der Waals surface area contributed by atoms with Gasteiger partial charge in [-0.3, -0.25) is 15.1 Å². The standard InChI is InChI=1S/C13H25N3O/c1-10(7-8-13(17)15-14)16-9-3-5-11-4-2-6-12(11)16/h10-12H,2-9,14H2,1H3,(H,15,17). The van der Waals surface area contributed by atoms with Gasteiger partial charge >= 0.3 is 0 Å². The highest BCUT2D eigenvalue weighted by atomic mass is 16.2. The number of nitrogens with one attached hydrogen (secondary N) is 1. The first-order valence-electron chi connectivity index (χ1n) is 6.97. The topological polar surface area (TPSA) is 58.4 Å². The Bertz CT molecular complexity index is 269. The predicted octanol–water partition coefficient (Wildman–Crippen LogP) is 1.41. The summed E-state index contributed by atoms with van der Waals surface area (Å²) in [6, 6.07) is 1.30. The second kappa shape index (κ2) is 5.83. The number of nitrogens with zero attached hydrogens (tertiary/aromatic N) is 1. The number of hydrazine groups is 1. The Morgan fingerprint density at radius 1 is 1.41 bits per heavy atom. The highest BCUT2D eigenvalue weighted by Crippen LogP contribution is 2.38. The molecule has 2 aliphatic rings. The van der Waals surface area contributed by atoms with Crippen molar-refractivity contribution in [2.45, 2.75) is 64.0 Å². The van der Waals surface area contributed by atoms with E-state index in [0.29, 0.717) is 12.5 Å². The Morgan fingerprint density at radius 3 is 2.94 bits per heavy atom. The quantitative estimate of drug-likeness (QED) is 0.443. The Labute approximate surface area is 104 Å². The van der Waals surface area contributed by atoms with Gasteiger partial charge in [0.05, 0.1) is 0 Å². The fourth-order valence-corrected chi connectivity index (χ4v) is 3.62. The summed E-state index contributed by atoms with van der Waals surface area (Å²) in [6.07, 6.45) is 8.38. The molecule has 4 heteroatoms. The van der Waals surface area contributed by atoms with E-state index in [4.69, 9.17) is 5.84 Å². The molecule has 1 saturated heterocycles. The Hall–Kier alpha value is -0.610. The van der Waals surface area contributed by atoms with Crippen LogP contribution in [0.15, 0.2) is 0 Å². The molecule has 0 aromatic carbocycles. The lowest BCUT2D eigenvalue weighted by molar-refractivity contribution is -0.121. The van der Waals surface area contributed by atoms with Crippen molar-refractivity contribution in [2.24, 2.45) is 11.8 Å². The van der Waals surface area contributed by atoms with E-state index < -0.39 is 0 Å². The molecule has 1 saturated carbocycles. The van der Waals surface area contributed by atoms with Gasteiger partial charge in [0.15, 0.2) is 0 Å². The number of fused-ring (bicyclic) bond motifs is 1. The molecule has 17 heavy (non-hydrogen) atoms.